The van der Waals surface area contributed by atoms with Crippen LogP contribution < -0.4 is 5.32 Å². The Balaban J connectivity index is 2.21. The smallest absolute Gasteiger partial charge is 0.257 e. The lowest BCUT2D eigenvalue weighted by Gasteiger charge is -2.19. The molecule has 1 N–H and O–H groups in total. The van der Waals surface area contributed by atoms with Crippen LogP contribution in [-0.4, -0.2) is 41.3 Å². The number of rotatable bonds is 1. The van der Waals surface area contributed by atoms with Crippen LogP contribution in [0.1, 0.15) is 22.5 Å². The number of hydrogen-bond acceptors (Lipinski definition) is 3. The first kappa shape index (κ1) is 12.8. The fraction of sp³-hybridized carbons (Fsp3) is 0.417. The lowest BCUT2D eigenvalue weighted by atomic mass is 10.2. The van der Waals surface area contributed by atoms with E-state index in [1.165, 1.54) is 11.1 Å². The average molecular weight is 268 g/mol. The lowest BCUT2D eigenvalue weighted by Crippen LogP contribution is -2.37. The standard InChI is InChI=1S/C12H14ClN3O2/c1-8-5-10(13)9(6-15-8)12(18)16-4-2-3-14-11(17)7-16/h5-6H,2-4,7H2,1H3,(H,14,17). The van der Waals surface area contributed by atoms with Gasteiger partial charge in [0.25, 0.3) is 5.91 Å². The number of halogens is 1. The summed E-state index contributed by atoms with van der Waals surface area (Å²) in [5.74, 6) is -0.387. The predicted octanol–water partition coefficient (Wildman–Crippen LogP) is 1.01. The van der Waals surface area contributed by atoms with E-state index in [2.05, 4.69) is 10.3 Å². The lowest BCUT2D eigenvalue weighted by molar-refractivity contribution is -0.121. The Kier molecular flexibility index (Phi) is 3.81. The van der Waals surface area contributed by atoms with E-state index in [4.69, 9.17) is 11.6 Å². The van der Waals surface area contributed by atoms with Crippen molar-refractivity contribution >= 4 is 23.4 Å². The van der Waals surface area contributed by atoms with Crippen LogP contribution in [0.2, 0.25) is 5.02 Å². The largest absolute Gasteiger partial charge is 0.354 e. The van der Waals surface area contributed by atoms with Crippen molar-refractivity contribution in [2.24, 2.45) is 0 Å². The first-order valence-electron chi connectivity index (χ1n) is 5.76. The Bertz CT molecular complexity index is 490. The van der Waals surface area contributed by atoms with Crippen molar-refractivity contribution in [1.29, 1.82) is 0 Å². The molecule has 6 heteroatoms. The van der Waals surface area contributed by atoms with Crippen molar-refractivity contribution in [3.05, 3.63) is 28.5 Å². The maximum absolute atomic E-state index is 12.3. The normalized spacial score (nSPS) is 16.1. The van der Waals surface area contributed by atoms with E-state index >= 15 is 0 Å². The molecular formula is C12H14ClN3O2. The van der Waals surface area contributed by atoms with Crippen LogP contribution in [0, 0.1) is 6.92 Å². The summed E-state index contributed by atoms with van der Waals surface area (Å²) in [5, 5.41) is 3.10. The molecule has 0 unspecified atom stereocenters. The predicted molar refractivity (Wildman–Crippen MR) is 67.5 cm³/mol. The van der Waals surface area contributed by atoms with Gasteiger partial charge in [-0.3, -0.25) is 14.6 Å². The molecule has 0 saturated carbocycles. The summed E-state index contributed by atoms with van der Waals surface area (Å²) in [6.45, 7) is 3.02. The molecule has 2 amide bonds. The van der Waals surface area contributed by atoms with Crippen LogP contribution in [0.25, 0.3) is 0 Å². The van der Waals surface area contributed by atoms with Gasteiger partial charge in [-0.2, -0.15) is 0 Å². The van der Waals surface area contributed by atoms with E-state index in [1.54, 1.807) is 13.0 Å². The van der Waals surface area contributed by atoms with Crippen molar-refractivity contribution in [2.45, 2.75) is 13.3 Å². The molecule has 1 aromatic heterocycles. The summed E-state index contributed by atoms with van der Waals surface area (Å²) in [6, 6.07) is 1.65. The SMILES string of the molecule is Cc1cc(Cl)c(C(=O)N2CCCNC(=O)C2)cn1. The molecule has 1 saturated heterocycles. The monoisotopic (exact) mass is 267 g/mol. The molecule has 2 rings (SSSR count). The van der Waals surface area contributed by atoms with Gasteiger partial charge in [-0.1, -0.05) is 11.6 Å². The van der Waals surface area contributed by atoms with Gasteiger partial charge in [0.05, 0.1) is 17.1 Å². The average Bonchev–Trinajstić information content (AvgIpc) is 2.53. The molecule has 0 bridgehead atoms. The molecule has 1 aliphatic heterocycles. The molecule has 0 spiro atoms. The number of amides is 2. The van der Waals surface area contributed by atoms with Crippen LogP contribution >= 0.6 is 11.6 Å². The summed E-state index contributed by atoms with van der Waals surface area (Å²) in [5.41, 5.74) is 1.10. The van der Waals surface area contributed by atoms with Gasteiger partial charge in [-0.25, -0.2) is 0 Å². The summed E-state index contributed by atoms with van der Waals surface area (Å²) in [7, 11) is 0. The number of aryl methyl sites for hydroxylation is 1. The van der Waals surface area contributed by atoms with E-state index in [0.29, 0.717) is 23.7 Å². The fourth-order valence-electron chi connectivity index (χ4n) is 1.83. The van der Waals surface area contributed by atoms with Gasteiger partial charge in [0, 0.05) is 25.0 Å². The first-order chi connectivity index (χ1) is 8.58. The molecular weight excluding hydrogens is 254 g/mol. The molecule has 1 aromatic rings. The van der Waals surface area contributed by atoms with Crippen LogP contribution in [0.5, 0.6) is 0 Å². The van der Waals surface area contributed by atoms with Gasteiger partial charge in [-0.15, -0.1) is 0 Å². The first-order valence-corrected chi connectivity index (χ1v) is 6.14. The van der Waals surface area contributed by atoms with Crippen LogP contribution in [-0.2, 0) is 4.79 Å². The molecule has 2 heterocycles. The summed E-state index contributed by atoms with van der Waals surface area (Å²) in [4.78, 5) is 29.2. The van der Waals surface area contributed by atoms with Crippen LogP contribution in [0.15, 0.2) is 12.3 Å². The fourth-order valence-corrected chi connectivity index (χ4v) is 2.12. The third-order valence-corrected chi connectivity index (χ3v) is 3.08. The van der Waals surface area contributed by atoms with Crippen molar-refractivity contribution in [3.8, 4) is 0 Å². The van der Waals surface area contributed by atoms with Gasteiger partial charge in [-0.05, 0) is 19.4 Å². The van der Waals surface area contributed by atoms with Crippen molar-refractivity contribution in [3.63, 3.8) is 0 Å². The molecule has 5 nitrogen and oxygen atoms in total. The Hall–Kier alpha value is -1.62. The molecule has 0 atom stereocenters. The Morgan fingerprint density at radius 1 is 1.56 bits per heavy atom. The number of nitrogens with one attached hydrogen (secondary N) is 1. The molecule has 96 valence electrons. The highest BCUT2D eigenvalue weighted by molar-refractivity contribution is 6.33. The van der Waals surface area contributed by atoms with E-state index in [1.807, 2.05) is 0 Å². The van der Waals surface area contributed by atoms with E-state index in [-0.39, 0.29) is 18.4 Å². The number of nitrogens with zero attached hydrogens (tertiary/aromatic N) is 2. The van der Waals surface area contributed by atoms with Gasteiger partial charge < -0.3 is 10.2 Å². The Morgan fingerprint density at radius 3 is 3.06 bits per heavy atom. The summed E-state index contributed by atoms with van der Waals surface area (Å²) in [6.07, 6.45) is 2.21. The zero-order valence-corrected chi connectivity index (χ0v) is 10.8. The minimum Gasteiger partial charge on any atom is -0.354 e. The second-order valence-corrected chi connectivity index (χ2v) is 4.64. The molecule has 0 aromatic carbocycles. The summed E-state index contributed by atoms with van der Waals surface area (Å²) < 4.78 is 0. The minimum absolute atomic E-state index is 0.0725. The van der Waals surface area contributed by atoms with Gasteiger partial charge >= 0.3 is 0 Å². The van der Waals surface area contributed by atoms with Gasteiger partial charge in [0.2, 0.25) is 5.91 Å². The zero-order chi connectivity index (χ0) is 13.1. The third kappa shape index (κ3) is 2.79. The van der Waals surface area contributed by atoms with Crippen molar-refractivity contribution in [2.75, 3.05) is 19.6 Å². The maximum atomic E-state index is 12.3. The molecule has 1 fully saturated rings. The quantitative estimate of drug-likeness (QED) is 0.826. The van der Waals surface area contributed by atoms with Gasteiger partial charge in [0.15, 0.2) is 0 Å². The number of hydrogen-bond donors (Lipinski definition) is 1. The Labute approximate surface area is 110 Å². The number of aromatic nitrogens is 1. The molecule has 0 aliphatic carbocycles. The zero-order valence-electron chi connectivity index (χ0n) is 10.1. The highest BCUT2D eigenvalue weighted by Crippen LogP contribution is 2.18. The highest BCUT2D eigenvalue weighted by atomic mass is 35.5. The van der Waals surface area contributed by atoms with Crippen LogP contribution in [0.4, 0.5) is 0 Å². The summed E-state index contributed by atoms with van der Waals surface area (Å²) >= 11 is 6.03. The number of carbonyl (C=O) groups excluding carboxylic acids is 2. The second kappa shape index (κ2) is 5.35. The van der Waals surface area contributed by atoms with Crippen molar-refractivity contribution < 1.29 is 9.59 Å². The molecule has 1 aliphatic rings. The van der Waals surface area contributed by atoms with Crippen molar-refractivity contribution in [1.82, 2.24) is 15.2 Å². The van der Waals surface area contributed by atoms with Crippen LogP contribution in [0.3, 0.4) is 0 Å². The maximum Gasteiger partial charge on any atom is 0.257 e. The van der Waals surface area contributed by atoms with E-state index < -0.39 is 0 Å². The topological polar surface area (TPSA) is 62.3 Å². The Morgan fingerprint density at radius 2 is 2.33 bits per heavy atom. The van der Waals surface area contributed by atoms with E-state index in [9.17, 15) is 9.59 Å². The second-order valence-electron chi connectivity index (χ2n) is 4.24. The molecule has 18 heavy (non-hydrogen) atoms. The van der Waals surface area contributed by atoms with E-state index in [0.717, 1.165) is 12.1 Å². The number of carbonyl (C=O) groups is 2. The highest BCUT2D eigenvalue weighted by Gasteiger charge is 2.22. The third-order valence-electron chi connectivity index (χ3n) is 2.77. The number of pyridine rings is 1. The van der Waals surface area contributed by atoms with Gasteiger partial charge in [0.1, 0.15) is 0 Å². The minimum atomic E-state index is -0.246. The molecule has 0 radical (unpaired) electrons.